The van der Waals surface area contributed by atoms with Crippen LogP contribution < -0.4 is 5.32 Å². The summed E-state index contributed by atoms with van der Waals surface area (Å²) in [6.45, 7) is 3.21. The smallest absolute Gasteiger partial charge is 0.338 e. The van der Waals surface area contributed by atoms with Crippen molar-refractivity contribution in [2.24, 2.45) is 7.05 Å². The van der Waals surface area contributed by atoms with Gasteiger partial charge in [-0.15, -0.1) is 0 Å². The summed E-state index contributed by atoms with van der Waals surface area (Å²) in [5.74, 6) is -1.95. The van der Waals surface area contributed by atoms with E-state index >= 15 is 0 Å². The van der Waals surface area contributed by atoms with Gasteiger partial charge in [-0.3, -0.25) is 4.79 Å². The molecule has 0 aliphatic carbocycles. The number of carbonyl (C=O) groups excluding carboxylic acids is 1. The minimum Gasteiger partial charge on any atom is -0.478 e. The second-order valence-corrected chi connectivity index (χ2v) is 5.70. The number of amides is 1. The topological polar surface area (TPSA) is 71.3 Å². The minimum absolute atomic E-state index is 0.0444. The number of aromatic nitrogens is 1. The van der Waals surface area contributed by atoms with Gasteiger partial charge in [0.15, 0.2) is 0 Å². The standard InChI is InChI=1S/C15H14BrFN2O3/c1-7-6-9(4-5-10(7)17)18-14(20)13-12(16)11(15(21)22)8(2)19(13)3/h4-6H,1-3H3,(H,18,20)(H,21,22). The van der Waals surface area contributed by atoms with E-state index in [0.717, 1.165) is 0 Å². The lowest BCUT2D eigenvalue weighted by Crippen LogP contribution is -2.16. The van der Waals surface area contributed by atoms with Crippen LogP contribution in [0.15, 0.2) is 22.7 Å². The average molecular weight is 369 g/mol. The van der Waals surface area contributed by atoms with Crippen molar-refractivity contribution >= 4 is 33.5 Å². The molecule has 1 amide bonds. The van der Waals surface area contributed by atoms with E-state index in [4.69, 9.17) is 0 Å². The summed E-state index contributed by atoms with van der Waals surface area (Å²) in [6.07, 6.45) is 0. The number of halogens is 2. The second kappa shape index (κ2) is 5.92. The fraction of sp³-hybridized carbons (Fsp3) is 0.200. The van der Waals surface area contributed by atoms with E-state index in [2.05, 4.69) is 21.2 Å². The van der Waals surface area contributed by atoms with Gasteiger partial charge in [0, 0.05) is 18.4 Å². The van der Waals surface area contributed by atoms with Gasteiger partial charge in [-0.25, -0.2) is 9.18 Å². The van der Waals surface area contributed by atoms with Gasteiger partial charge in [-0.05, 0) is 53.5 Å². The molecule has 0 saturated carbocycles. The Balaban J connectivity index is 2.40. The first-order valence-corrected chi connectivity index (χ1v) is 7.19. The van der Waals surface area contributed by atoms with Crippen LogP contribution in [0.3, 0.4) is 0 Å². The zero-order valence-corrected chi connectivity index (χ0v) is 13.8. The molecule has 116 valence electrons. The van der Waals surface area contributed by atoms with Crippen LogP contribution in [0.25, 0.3) is 0 Å². The molecule has 22 heavy (non-hydrogen) atoms. The third kappa shape index (κ3) is 2.76. The number of nitrogens with zero attached hydrogens (tertiary/aromatic N) is 1. The van der Waals surface area contributed by atoms with E-state index in [1.165, 1.54) is 22.8 Å². The van der Waals surface area contributed by atoms with E-state index in [1.54, 1.807) is 20.9 Å². The molecule has 0 spiro atoms. The fourth-order valence-corrected chi connectivity index (χ4v) is 3.08. The Bertz CT molecular complexity index is 784. The fourth-order valence-electron chi connectivity index (χ4n) is 2.17. The number of benzene rings is 1. The highest BCUT2D eigenvalue weighted by Gasteiger charge is 2.25. The lowest BCUT2D eigenvalue weighted by molar-refractivity contribution is 0.0695. The van der Waals surface area contributed by atoms with Crippen molar-refractivity contribution < 1.29 is 19.1 Å². The molecular weight excluding hydrogens is 355 g/mol. The Morgan fingerprint density at radius 2 is 1.95 bits per heavy atom. The third-order valence-corrected chi connectivity index (χ3v) is 4.24. The maximum atomic E-state index is 13.2. The van der Waals surface area contributed by atoms with Crippen LogP contribution in [-0.2, 0) is 7.05 Å². The van der Waals surface area contributed by atoms with E-state index < -0.39 is 11.9 Å². The summed E-state index contributed by atoms with van der Waals surface area (Å²) in [4.78, 5) is 23.6. The number of rotatable bonds is 3. The van der Waals surface area contributed by atoms with Crippen molar-refractivity contribution in [3.05, 3.63) is 51.0 Å². The number of aryl methyl sites for hydroxylation is 1. The Morgan fingerprint density at radius 1 is 1.32 bits per heavy atom. The molecule has 0 unspecified atom stereocenters. The van der Waals surface area contributed by atoms with Gasteiger partial charge in [-0.1, -0.05) is 0 Å². The van der Waals surface area contributed by atoms with Gasteiger partial charge >= 0.3 is 5.97 Å². The average Bonchev–Trinajstić information content (AvgIpc) is 2.64. The van der Waals surface area contributed by atoms with Crippen molar-refractivity contribution in [3.8, 4) is 0 Å². The summed E-state index contributed by atoms with van der Waals surface area (Å²) in [5.41, 5.74) is 1.54. The maximum absolute atomic E-state index is 13.2. The molecule has 1 aromatic carbocycles. The van der Waals surface area contributed by atoms with E-state index in [1.807, 2.05) is 0 Å². The molecular formula is C15H14BrFN2O3. The van der Waals surface area contributed by atoms with Crippen LogP contribution in [0, 0.1) is 19.7 Å². The van der Waals surface area contributed by atoms with Crippen LogP contribution in [-0.4, -0.2) is 21.6 Å². The van der Waals surface area contributed by atoms with Crippen molar-refractivity contribution in [2.45, 2.75) is 13.8 Å². The summed E-state index contributed by atoms with van der Waals surface area (Å²) in [7, 11) is 1.61. The number of hydrogen-bond acceptors (Lipinski definition) is 2. The van der Waals surface area contributed by atoms with E-state index in [-0.39, 0.29) is 21.5 Å². The van der Waals surface area contributed by atoms with Crippen LogP contribution in [0.1, 0.15) is 32.1 Å². The monoisotopic (exact) mass is 368 g/mol. The molecule has 1 aromatic heterocycles. The number of hydrogen-bond donors (Lipinski definition) is 2. The Labute approximate surface area is 134 Å². The molecule has 2 rings (SSSR count). The number of anilines is 1. The van der Waals surface area contributed by atoms with Crippen LogP contribution in [0.2, 0.25) is 0 Å². The molecule has 0 atom stereocenters. The van der Waals surface area contributed by atoms with Crippen molar-refractivity contribution in [1.82, 2.24) is 4.57 Å². The molecule has 0 saturated heterocycles. The predicted molar refractivity (Wildman–Crippen MR) is 83.9 cm³/mol. The first-order valence-electron chi connectivity index (χ1n) is 6.39. The third-order valence-electron chi connectivity index (χ3n) is 3.47. The highest BCUT2D eigenvalue weighted by molar-refractivity contribution is 9.10. The molecule has 2 N–H and O–H groups in total. The molecule has 0 bridgehead atoms. The van der Waals surface area contributed by atoms with Gasteiger partial charge < -0.3 is 15.0 Å². The molecule has 5 nitrogen and oxygen atoms in total. The largest absolute Gasteiger partial charge is 0.478 e. The number of aromatic carboxylic acids is 1. The predicted octanol–water partition coefficient (Wildman–Crippen LogP) is 3.49. The number of carboxylic acid groups (broad SMARTS) is 1. The molecule has 0 radical (unpaired) electrons. The zero-order chi connectivity index (χ0) is 16.6. The SMILES string of the molecule is Cc1cc(NC(=O)c2c(Br)c(C(=O)O)c(C)n2C)ccc1F. The summed E-state index contributed by atoms with van der Waals surface area (Å²) < 4.78 is 15.0. The van der Waals surface area contributed by atoms with Crippen molar-refractivity contribution in [2.75, 3.05) is 5.32 Å². The zero-order valence-electron chi connectivity index (χ0n) is 12.2. The first kappa shape index (κ1) is 16.2. The summed E-state index contributed by atoms with van der Waals surface area (Å²) in [5, 5.41) is 11.8. The normalized spacial score (nSPS) is 10.6. The van der Waals surface area contributed by atoms with Crippen LogP contribution in [0.4, 0.5) is 10.1 Å². The summed E-state index contributed by atoms with van der Waals surface area (Å²) in [6, 6.07) is 4.22. The minimum atomic E-state index is -1.11. The van der Waals surface area contributed by atoms with Gasteiger partial charge in [0.05, 0.1) is 10.0 Å². The van der Waals surface area contributed by atoms with Gasteiger partial charge in [0.2, 0.25) is 0 Å². The van der Waals surface area contributed by atoms with Gasteiger partial charge in [-0.2, -0.15) is 0 Å². The molecule has 1 heterocycles. The summed E-state index contributed by atoms with van der Waals surface area (Å²) >= 11 is 3.17. The maximum Gasteiger partial charge on any atom is 0.338 e. The van der Waals surface area contributed by atoms with E-state index in [0.29, 0.717) is 16.9 Å². The lowest BCUT2D eigenvalue weighted by atomic mass is 10.2. The van der Waals surface area contributed by atoms with Gasteiger partial charge in [0.1, 0.15) is 11.5 Å². The Morgan fingerprint density at radius 3 is 2.45 bits per heavy atom. The lowest BCUT2D eigenvalue weighted by Gasteiger charge is -2.08. The number of nitrogens with one attached hydrogen (secondary N) is 1. The molecule has 0 aliphatic rings. The quantitative estimate of drug-likeness (QED) is 0.870. The van der Waals surface area contributed by atoms with Crippen LogP contribution >= 0.6 is 15.9 Å². The second-order valence-electron chi connectivity index (χ2n) is 4.91. The van der Waals surface area contributed by atoms with Gasteiger partial charge in [0.25, 0.3) is 5.91 Å². The van der Waals surface area contributed by atoms with Crippen LogP contribution in [0.5, 0.6) is 0 Å². The van der Waals surface area contributed by atoms with E-state index in [9.17, 15) is 19.1 Å². The highest BCUT2D eigenvalue weighted by Crippen LogP contribution is 2.28. The molecule has 0 aliphatic heterocycles. The molecule has 2 aromatic rings. The Hall–Kier alpha value is -2.15. The highest BCUT2D eigenvalue weighted by atomic mass is 79.9. The molecule has 0 fully saturated rings. The number of carbonyl (C=O) groups is 2. The number of carboxylic acids is 1. The van der Waals surface area contributed by atoms with Crippen molar-refractivity contribution in [1.29, 1.82) is 0 Å². The molecule has 7 heteroatoms. The van der Waals surface area contributed by atoms with Crippen molar-refractivity contribution in [3.63, 3.8) is 0 Å². The first-order chi connectivity index (χ1) is 10.2. The Kier molecular flexibility index (Phi) is 4.37.